The number of hydrogen-bond donors (Lipinski definition) is 1. The van der Waals surface area contributed by atoms with E-state index in [2.05, 4.69) is 5.32 Å². The Morgan fingerprint density at radius 3 is 2.29 bits per heavy atom. The number of carbonyl (C=O) groups excluding carboxylic acids is 2. The van der Waals surface area contributed by atoms with Gasteiger partial charge >= 0.3 is 6.18 Å². The van der Waals surface area contributed by atoms with Crippen LogP contribution in [-0.2, 0) is 9.59 Å². The van der Waals surface area contributed by atoms with Gasteiger partial charge in [0.25, 0.3) is 0 Å². The molecule has 2 fully saturated rings. The molecule has 1 heterocycles. The molecule has 1 aliphatic carbocycles. The van der Waals surface area contributed by atoms with Crippen molar-refractivity contribution in [2.24, 2.45) is 5.92 Å². The summed E-state index contributed by atoms with van der Waals surface area (Å²) in [5, 5.41) is 3.11. The van der Waals surface area contributed by atoms with E-state index in [1.165, 1.54) is 6.92 Å². The zero-order chi connectivity index (χ0) is 17.7. The van der Waals surface area contributed by atoms with Crippen LogP contribution in [0.2, 0.25) is 0 Å². The van der Waals surface area contributed by atoms with Crippen LogP contribution >= 0.6 is 0 Å². The number of carbonyl (C=O) groups is 2. The second-order valence-electron chi connectivity index (χ2n) is 6.69. The Balaban J connectivity index is 1.67. The van der Waals surface area contributed by atoms with Crippen LogP contribution in [0.1, 0.15) is 39.0 Å². The summed E-state index contributed by atoms with van der Waals surface area (Å²) in [6.45, 7) is 4.06. The van der Waals surface area contributed by atoms with Crippen molar-refractivity contribution in [3.63, 3.8) is 0 Å². The van der Waals surface area contributed by atoms with Crippen molar-refractivity contribution in [2.45, 2.75) is 51.2 Å². The monoisotopic (exact) mass is 349 g/mol. The maximum atomic E-state index is 12.8. The molecule has 0 spiro atoms. The molecule has 0 aromatic carbocycles. The molecule has 2 atom stereocenters. The van der Waals surface area contributed by atoms with Crippen LogP contribution < -0.4 is 5.32 Å². The lowest BCUT2D eigenvalue weighted by molar-refractivity contribution is -0.183. The summed E-state index contributed by atoms with van der Waals surface area (Å²) in [4.78, 5) is 26.8. The van der Waals surface area contributed by atoms with E-state index in [4.69, 9.17) is 0 Å². The fourth-order valence-electron chi connectivity index (χ4n) is 3.48. The minimum Gasteiger partial charge on any atom is -0.339 e. The first-order valence-electron chi connectivity index (χ1n) is 8.60. The molecule has 1 aliphatic heterocycles. The Bertz CT molecular complexity index is 448. The quantitative estimate of drug-likeness (QED) is 0.842. The van der Waals surface area contributed by atoms with Crippen LogP contribution in [0.5, 0.6) is 0 Å². The topological polar surface area (TPSA) is 52.7 Å². The van der Waals surface area contributed by atoms with Crippen LogP contribution in [0, 0.1) is 5.92 Å². The summed E-state index contributed by atoms with van der Waals surface area (Å²) in [5.74, 6) is -1.21. The highest BCUT2D eigenvalue weighted by Crippen LogP contribution is 2.37. The molecule has 138 valence electrons. The first-order valence-corrected chi connectivity index (χ1v) is 8.60. The van der Waals surface area contributed by atoms with Gasteiger partial charge in [-0.1, -0.05) is 6.42 Å². The van der Waals surface area contributed by atoms with Gasteiger partial charge in [-0.2, -0.15) is 13.2 Å². The van der Waals surface area contributed by atoms with E-state index in [1.807, 2.05) is 0 Å². The zero-order valence-corrected chi connectivity index (χ0v) is 14.1. The Morgan fingerprint density at radius 2 is 1.71 bits per heavy atom. The molecule has 0 aromatic rings. The van der Waals surface area contributed by atoms with Crippen LogP contribution in [0.3, 0.4) is 0 Å². The number of rotatable bonds is 4. The number of piperazine rings is 1. The van der Waals surface area contributed by atoms with Crippen molar-refractivity contribution in [1.29, 1.82) is 0 Å². The van der Waals surface area contributed by atoms with Crippen LogP contribution in [0.4, 0.5) is 13.2 Å². The number of nitrogens with zero attached hydrogens (tertiary/aromatic N) is 2. The third kappa shape index (κ3) is 5.36. The third-order valence-corrected chi connectivity index (χ3v) is 4.99. The predicted molar refractivity (Wildman–Crippen MR) is 83.3 cm³/mol. The molecule has 2 aliphatic rings. The molecule has 0 bridgehead atoms. The van der Waals surface area contributed by atoms with Gasteiger partial charge in [-0.05, 0) is 19.3 Å². The summed E-state index contributed by atoms with van der Waals surface area (Å²) < 4.78 is 38.3. The van der Waals surface area contributed by atoms with Gasteiger partial charge in [-0.3, -0.25) is 9.59 Å². The average Bonchev–Trinajstić information content (AvgIpc) is 2.54. The largest absolute Gasteiger partial charge is 0.391 e. The molecule has 0 unspecified atom stereocenters. The van der Waals surface area contributed by atoms with Crippen molar-refractivity contribution in [3.05, 3.63) is 0 Å². The molecule has 5 nitrogen and oxygen atoms in total. The summed E-state index contributed by atoms with van der Waals surface area (Å²) in [6, 6.07) is -0.160. The van der Waals surface area contributed by atoms with Gasteiger partial charge < -0.3 is 15.1 Å². The van der Waals surface area contributed by atoms with Crippen LogP contribution in [0.25, 0.3) is 0 Å². The molecule has 1 saturated carbocycles. The fraction of sp³-hybridized carbons (Fsp3) is 0.875. The molecule has 24 heavy (non-hydrogen) atoms. The average molecular weight is 349 g/mol. The lowest BCUT2D eigenvalue weighted by Gasteiger charge is -2.34. The standard InChI is InChI=1S/C16H26F3N3O2/c1-12(23)21-7-9-22(10-8-21)15(24)5-6-20-14-4-2-3-13(11-14)16(17,18)19/h13-14,20H,2-11H2,1H3/t13-,14+/m0/s1. The Morgan fingerprint density at radius 1 is 1.08 bits per heavy atom. The number of halogens is 3. The third-order valence-electron chi connectivity index (χ3n) is 4.99. The SMILES string of the molecule is CC(=O)N1CCN(C(=O)CCN[C@@H]2CCC[C@H](C(F)(F)F)C2)CC1. The predicted octanol–water partition coefficient (Wildman–Crippen LogP) is 1.78. The highest BCUT2D eigenvalue weighted by atomic mass is 19.4. The van der Waals surface area contributed by atoms with Gasteiger partial charge in [0.1, 0.15) is 0 Å². The zero-order valence-electron chi connectivity index (χ0n) is 14.1. The maximum Gasteiger partial charge on any atom is 0.391 e. The first kappa shape index (κ1) is 19.0. The minimum absolute atomic E-state index is 0.00566. The second-order valence-corrected chi connectivity index (χ2v) is 6.69. The molecular weight excluding hydrogens is 323 g/mol. The van der Waals surface area contributed by atoms with Crippen LogP contribution in [0.15, 0.2) is 0 Å². The lowest BCUT2D eigenvalue weighted by Crippen LogP contribution is -2.50. The van der Waals surface area contributed by atoms with Gasteiger partial charge in [0.2, 0.25) is 11.8 Å². The normalized spacial score (nSPS) is 25.7. The Labute approximate surface area is 140 Å². The van der Waals surface area contributed by atoms with Crippen molar-refractivity contribution in [3.8, 4) is 0 Å². The van der Waals surface area contributed by atoms with Gasteiger partial charge in [0, 0.05) is 52.1 Å². The van der Waals surface area contributed by atoms with Gasteiger partial charge in [0.05, 0.1) is 5.92 Å². The number of amides is 2. The Kier molecular flexibility index (Phi) is 6.48. The number of alkyl halides is 3. The smallest absolute Gasteiger partial charge is 0.339 e. The number of nitrogens with one attached hydrogen (secondary N) is 1. The van der Waals surface area contributed by atoms with E-state index >= 15 is 0 Å². The van der Waals surface area contributed by atoms with E-state index in [9.17, 15) is 22.8 Å². The van der Waals surface area contributed by atoms with Crippen molar-refractivity contribution in [2.75, 3.05) is 32.7 Å². The first-order chi connectivity index (χ1) is 11.3. The summed E-state index contributed by atoms with van der Waals surface area (Å²) in [6.07, 6.45) is -2.21. The molecule has 1 saturated heterocycles. The van der Waals surface area contributed by atoms with Gasteiger partial charge in [-0.15, -0.1) is 0 Å². The van der Waals surface area contributed by atoms with E-state index in [0.29, 0.717) is 39.1 Å². The maximum absolute atomic E-state index is 12.8. The van der Waals surface area contributed by atoms with Crippen LogP contribution in [-0.4, -0.2) is 66.6 Å². The number of hydrogen-bond acceptors (Lipinski definition) is 3. The minimum atomic E-state index is -4.12. The van der Waals surface area contributed by atoms with E-state index in [0.717, 1.165) is 6.42 Å². The molecule has 1 N–H and O–H groups in total. The van der Waals surface area contributed by atoms with Crippen molar-refractivity contribution < 1.29 is 22.8 Å². The molecular formula is C16H26F3N3O2. The summed E-state index contributed by atoms with van der Waals surface area (Å²) in [7, 11) is 0. The Hall–Kier alpha value is -1.31. The summed E-state index contributed by atoms with van der Waals surface area (Å²) >= 11 is 0. The fourth-order valence-corrected chi connectivity index (χ4v) is 3.48. The van der Waals surface area contributed by atoms with E-state index < -0.39 is 12.1 Å². The highest BCUT2D eigenvalue weighted by molar-refractivity contribution is 5.77. The van der Waals surface area contributed by atoms with Crippen molar-refractivity contribution >= 4 is 11.8 Å². The second kappa shape index (κ2) is 8.18. The van der Waals surface area contributed by atoms with E-state index in [-0.39, 0.29) is 37.1 Å². The molecule has 0 aromatic heterocycles. The lowest BCUT2D eigenvalue weighted by atomic mass is 9.85. The van der Waals surface area contributed by atoms with Crippen molar-refractivity contribution in [1.82, 2.24) is 15.1 Å². The summed E-state index contributed by atoms with van der Waals surface area (Å²) in [5.41, 5.74) is 0. The highest BCUT2D eigenvalue weighted by Gasteiger charge is 2.42. The van der Waals surface area contributed by atoms with Gasteiger partial charge in [0.15, 0.2) is 0 Å². The molecule has 2 amide bonds. The van der Waals surface area contributed by atoms with E-state index in [1.54, 1.807) is 9.80 Å². The molecule has 0 radical (unpaired) electrons. The molecule has 2 rings (SSSR count). The van der Waals surface area contributed by atoms with Gasteiger partial charge in [-0.25, -0.2) is 0 Å². The molecule has 8 heteroatoms.